The van der Waals surface area contributed by atoms with E-state index in [1.807, 2.05) is 29.6 Å². The highest BCUT2D eigenvalue weighted by Crippen LogP contribution is 2.40. The number of nitriles is 1. The standard InChI is InChI=1S/C22H21N3O4S/c1-26-17-7-5-6-14(8-17)18-13-30-22(25-18)15(11-23)12-24-16-9-19(27-2)21(29-4)20(10-16)28-3/h5-10,12-13,24H,1-4H3/b15-12+. The van der Waals surface area contributed by atoms with Gasteiger partial charge in [-0.3, -0.25) is 0 Å². The van der Waals surface area contributed by atoms with Crippen LogP contribution < -0.4 is 24.3 Å². The molecule has 0 atom stereocenters. The Labute approximate surface area is 179 Å². The molecular formula is C22H21N3O4S. The molecule has 7 nitrogen and oxygen atoms in total. The largest absolute Gasteiger partial charge is 0.497 e. The van der Waals surface area contributed by atoms with Crippen molar-refractivity contribution in [3.05, 3.63) is 53.0 Å². The first-order valence-corrected chi connectivity index (χ1v) is 9.78. The molecule has 0 aliphatic carbocycles. The molecule has 0 bridgehead atoms. The number of aromatic nitrogens is 1. The first-order valence-electron chi connectivity index (χ1n) is 8.90. The van der Waals surface area contributed by atoms with Crippen molar-refractivity contribution in [1.29, 1.82) is 5.26 Å². The Balaban J connectivity index is 1.87. The zero-order valence-electron chi connectivity index (χ0n) is 17.1. The van der Waals surface area contributed by atoms with Gasteiger partial charge in [0.1, 0.15) is 22.4 Å². The van der Waals surface area contributed by atoms with E-state index in [9.17, 15) is 5.26 Å². The van der Waals surface area contributed by atoms with E-state index in [-0.39, 0.29) is 0 Å². The molecule has 0 spiro atoms. The molecule has 0 saturated carbocycles. The molecule has 0 amide bonds. The maximum absolute atomic E-state index is 9.62. The topological polar surface area (TPSA) is 85.6 Å². The first-order chi connectivity index (χ1) is 14.6. The fourth-order valence-electron chi connectivity index (χ4n) is 2.77. The minimum atomic E-state index is 0.405. The van der Waals surface area contributed by atoms with Crippen molar-refractivity contribution < 1.29 is 18.9 Å². The Bertz CT molecular complexity index is 1080. The first kappa shape index (κ1) is 21.0. The third kappa shape index (κ3) is 4.47. The number of nitrogens with zero attached hydrogens (tertiary/aromatic N) is 2. The summed E-state index contributed by atoms with van der Waals surface area (Å²) in [7, 11) is 6.26. The number of allylic oxidation sites excluding steroid dienone is 1. The van der Waals surface area contributed by atoms with E-state index in [4.69, 9.17) is 18.9 Å². The average Bonchev–Trinajstić information content (AvgIpc) is 3.28. The van der Waals surface area contributed by atoms with Crippen molar-refractivity contribution >= 4 is 22.6 Å². The SMILES string of the molecule is COc1cccc(-c2csc(/C(C#N)=C/Nc3cc(OC)c(OC)c(OC)c3)n2)c1. The number of methoxy groups -OCH3 is 4. The molecule has 0 unspecified atom stereocenters. The second kappa shape index (κ2) is 9.67. The third-order valence-corrected chi connectivity index (χ3v) is 5.14. The van der Waals surface area contributed by atoms with Crippen LogP contribution in [0.15, 0.2) is 48.0 Å². The van der Waals surface area contributed by atoms with Crippen LogP contribution in [0.1, 0.15) is 5.01 Å². The average molecular weight is 423 g/mol. The second-order valence-corrected chi connectivity index (χ2v) is 6.86. The fraction of sp³-hybridized carbons (Fsp3) is 0.182. The minimum absolute atomic E-state index is 0.405. The van der Waals surface area contributed by atoms with Gasteiger partial charge in [-0.2, -0.15) is 5.26 Å². The van der Waals surface area contributed by atoms with Crippen molar-refractivity contribution in [2.24, 2.45) is 0 Å². The van der Waals surface area contributed by atoms with Crippen molar-refractivity contribution in [3.8, 4) is 40.3 Å². The molecule has 0 fully saturated rings. The van der Waals surface area contributed by atoms with Gasteiger partial charge in [0, 0.05) is 35.0 Å². The molecule has 0 aliphatic rings. The summed E-state index contributed by atoms with van der Waals surface area (Å²) in [6.45, 7) is 0. The van der Waals surface area contributed by atoms with Crippen molar-refractivity contribution in [2.75, 3.05) is 33.8 Å². The van der Waals surface area contributed by atoms with Gasteiger partial charge in [-0.25, -0.2) is 4.98 Å². The van der Waals surface area contributed by atoms with E-state index >= 15 is 0 Å². The molecule has 0 aliphatic heterocycles. The summed E-state index contributed by atoms with van der Waals surface area (Å²) in [5.74, 6) is 2.28. The van der Waals surface area contributed by atoms with E-state index in [2.05, 4.69) is 16.4 Å². The maximum Gasteiger partial charge on any atom is 0.203 e. The maximum atomic E-state index is 9.62. The predicted octanol–water partition coefficient (Wildman–Crippen LogP) is 4.82. The van der Waals surface area contributed by atoms with Gasteiger partial charge in [0.15, 0.2) is 11.5 Å². The van der Waals surface area contributed by atoms with Gasteiger partial charge in [0.05, 0.1) is 34.1 Å². The van der Waals surface area contributed by atoms with Gasteiger partial charge >= 0.3 is 0 Å². The summed E-state index contributed by atoms with van der Waals surface area (Å²) in [6.07, 6.45) is 1.61. The number of thiazole rings is 1. The van der Waals surface area contributed by atoms with Crippen LogP contribution >= 0.6 is 11.3 Å². The van der Waals surface area contributed by atoms with E-state index in [0.29, 0.717) is 33.5 Å². The molecule has 2 aromatic carbocycles. The molecule has 3 rings (SSSR count). The van der Waals surface area contributed by atoms with Crippen LogP contribution in [0.25, 0.3) is 16.8 Å². The van der Waals surface area contributed by atoms with Crippen LogP contribution in [-0.2, 0) is 0 Å². The van der Waals surface area contributed by atoms with Gasteiger partial charge < -0.3 is 24.3 Å². The zero-order chi connectivity index (χ0) is 21.5. The molecule has 30 heavy (non-hydrogen) atoms. The van der Waals surface area contributed by atoms with Crippen molar-refractivity contribution in [2.45, 2.75) is 0 Å². The number of anilines is 1. The summed E-state index contributed by atoms with van der Waals surface area (Å²) in [5, 5.41) is 15.2. The number of hydrogen-bond acceptors (Lipinski definition) is 8. The number of nitrogens with one attached hydrogen (secondary N) is 1. The van der Waals surface area contributed by atoms with Crippen LogP contribution in [0.4, 0.5) is 5.69 Å². The lowest BCUT2D eigenvalue weighted by Gasteiger charge is -2.14. The molecule has 0 radical (unpaired) electrons. The van der Waals surface area contributed by atoms with E-state index in [1.165, 1.54) is 11.3 Å². The van der Waals surface area contributed by atoms with Gasteiger partial charge in [0.25, 0.3) is 0 Å². The monoisotopic (exact) mass is 423 g/mol. The van der Waals surface area contributed by atoms with Gasteiger partial charge in [-0.05, 0) is 12.1 Å². The highest BCUT2D eigenvalue weighted by Gasteiger charge is 2.14. The van der Waals surface area contributed by atoms with Crippen LogP contribution in [-0.4, -0.2) is 33.4 Å². The normalized spacial score (nSPS) is 10.8. The quantitative estimate of drug-likeness (QED) is 0.520. The molecule has 3 aromatic rings. The second-order valence-electron chi connectivity index (χ2n) is 6.00. The Morgan fingerprint density at radius 3 is 2.37 bits per heavy atom. The molecule has 1 heterocycles. The van der Waals surface area contributed by atoms with Crippen LogP contribution in [0.5, 0.6) is 23.0 Å². The lowest BCUT2D eigenvalue weighted by atomic mass is 10.1. The lowest BCUT2D eigenvalue weighted by molar-refractivity contribution is 0.324. The Kier molecular flexibility index (Phi) is 6.78. The summed E-state index contributed by atoms with van der Waals surface area (Å²) >= 11 is 1.39. The van der Waals surface area contributed by atoms with Crippen molar-refractivity contribution in [3.63, 3.8) is 0 Å². The highest BCUT2D eigenvalue weighted by atomic mass is 32.1. The molecule has 0 saturated heterocycles. The van der Waals surface area contributed by atoms with E-state index < -0.39 is 0 Å². The summed E-state index contributed by atoms with van der Waals surface area (Å²) in [4.78, 5) is 4.60. The molecule has 1 aromatic heterocycles. The van der Waals surface area contributed by atoms with E-state index in [0.717, 1.165) is 17.0 Å². The number of hydrogen-bond donors (Lipinski definition) is 1. The van der Waals surface area contributed by atoms with Crippen LogP contribution in [0, 0.1) is 11.3 Å². The third-order valence-electron chi connectivity index (χ3n) is 4.27. The molecule has 1 N–H and O–H groups in total. The van der Waals surface area contributed by atoms with Gasteiger partial charge in [0.2, 0.25) is 5.75 Å². The summed E-state index contributed by atoms with van der Waals surface area (Å²) in [6, 6.07) is 13.3. The Morgan fingerprint density at radius 2 is 1.77 bits per heavy atom. The van der Waals surface area contributed by atoms with Gasteiger partial charge in [-0.15, -0.1) is 11.3 Å². The smallest absolute Gasteiger partial charge is 0.203 e. The predicted molar refractivity (Wildman–Crippen MR) is 117 cm³/mol. The number of benzene rings is 2. The molecular weight excluding hydrogens is 402 g/mol. The summed E-state index contributed by atoms with van der Waals surface area (Å²) in [5.41, 5.74) is 2.79. The zero-order valence-corrected chi connectivity index (χ0v) is 17.9. The highest BCUT2D eigenvalue weighted by molar-refractivity contribution is 7.11. The fourth-order valence-corrected chi connectivity index (χ4v) is 3.57. The Hall–Kier alpha value is -3.70. The van der Waals surface area contributed by atoms with Crippen molar-refractivity contribution in [1.82, 2.24) is 4.98 Å². The Morgan fingerprint density at radius 1 is 1.03 bits per heavy atom. The van der Waals surface area contributed by atoms with Gasteiger partial charge in [-0.1, -0.05) is 12.1 Å². The lowest BCUT2D eigenvalue weighted by Crippen LogP contribution is -1.98. The van der Waals surface area contributed by atoms with Crippen LogP contribution in [0.3, 0.4) is 0 Å². The minimum Gasteiger partial charge on any atom is -0.497 e. The number of ether oxygens (including phenoxy) is 4. The van der Waals surface area contributed by atoms with Crippen LogP contribution in [0.2, 0.25) is 0 Å². The number of rotatable bonds is 8. The molecule has 154 valence electrons. The molecule has 8 heteroatoms. The summed E-state index contributed by atoms with van der Waals surface area (Å²) < 4.78 is 21.3. The van der Waals surface area contributed by atoms with E-state index in [1.54, 1.807) is 46.8 Å².